The third-order valence-electron chi connectivity index (χ3n) is 13.4. The van der Waals surface area contributed by atoms with E-state index in [9.17, 15) is 0 Å². The zero-order chi connectivity index (χ0) is 48.1. The average molecular weight is 918 g/mol. The van der Waals surface area contributed by atoms with Gasteiger partial charge in [-0.15, -0.1) is 0 Å². The fourth-order valence-corrected chi connectivity index (χ4v) is 9.97. The first-order chi connectivity index (χ1) is 35.7. The van der Waals surface area contributed by atoms with Crippen molar-refractivity contribution in [2.24, 2.45) is 0 Å². The Labute approximate surface area is 421 Å². The molecule has 72 heavy (non-hydrogen) atoms. The van der Waals surface area contributed by atoms with Gasteiger partial charge in [0.1, 0.15) is 0 Å². The minimum Gasteiger partial charge on any atom is -0.208 e. The van der Waals surface area contributed by atoms with Crippen molar-refractivity contribution in [1.29, 1.82) is 0 Å². The fourth-order valence-electron chi connectivity index (χ4n) is 9.97. The normalized spacial score (nSPS) is 11.1. The first-order valence-corrected chi connectivity index (χ1v) is 24.4. The molecule has 0 atom stereocenters. The summed E-state index contributed by atoms with van der Waals surface area (Å²) in [5.74, 6) is 1.80. The lowest BCUT2D eigenvalue weighted by molar-refractivity contribution is 1.07. The van der Waals surface area contributed by atoms with Gasteiger partial charge in [-0.1, -0.05) is 279 Å². The third kappa shape index (κ3) is 8.72. The van der Waals surface area contributed by atoms with E-state index in [1.807, 2.05) is 12.1 Å². The molecule has 0 aliphatic carbocycles. The molecule has 0 amide bonds. The van der Waals surface area contributed by atoms with Crippen LogP contribution >= 0.6 is 0 Å². The highest BCUT2D eigenvalue weighted by molar-refractivity contribution is 6.15. The van der Waals surface area contributed by atoms with Crippen LogP contribution in [0.5, 0.6) is 0 Å². The van der Waals surface area contributed by atoms with Crippen molar-refractivity contribution in [3.8, 4) is 123 Å². The van der Waals surface area contributed by atoms with Gasteiger partial charge in [-0.2, -0.15) is 0 Å². The summed E-state index contributed by atoms with van der Waals surface area (Å²) in [6.07, 6.45) is 0. The molecule has 1 heterocycles. The lowest BCUT2D eigenvalue weighted by Gasteiger charge is -2.29. The Morgan fingerprint density at radius 3 is 0.625 bits per heavy atom. The Morgan fingerprint density at radius 1 is 0.139 bits per heavy atom. The number of benzene rings is 11. The number of hydrogen-bond donors (Lipinski definition) is 0. The van der Waals surface area contributed by atoms with Gasteiger partial charge in [0, 0.05) is 16.7 Å². The van der Waals surface area contributed by atoms with E-state index in [0.717, 1.165) is 100 Å². The van der Waals surface area contributed by atoms with E-state index in [1.54, 1.807) is 0 Å². The summed E-state index contributed by atoms with van der Waals surface area (Å²) in [6.45, 7) is 0. The van der Waals surface area contributed by atoms with Gasteiger partial charge in [-0.25, -0.2) is 15.0 Å². The number of aromatic nitrogens is 3. The van der Waals surface area contributed by atoms with Gasteiger partial charge in [-0.3, -0.25) is 0 Å². The molecule has 0 saturated carbocycles. The first-order valence-electron chi connectivity index (χ1n) is 24.4. The van der Waals surface area contributed by atoms with Gasteiger partial charge in [0.25, 0.3) is 0 Å². The maximum Gasteiger partial charge on any atom is 0.164 e. The van der Waals surface area contributed by atoms with E-state index in [1.165, 1.54) is 5.56 Å². The Hall–Kier alpha value is -9.57. The van der Waals surface area contributed by atoms with Crippen molar-refractivity contribution < 1.29 is 0 Å². The monoisotopic (exact) mass is 917 g/mol. The molecule has 1 aromatic heterocycles. The molecule has 12 aromatic rings. The highest BCUT2D eigenvalue weighted by Crippen LogP contribution is 2.56. The second-order valence-electron chi connectivity index (χ2n) is 17.9. The van der Waals surface area contributed by atoms with Crippen molar-refractivity contribution in [3.05, 3.63) is 285 Å². The van der Waals surface area contributed by atoms with E-state index in [4.69, 9.17) is 15.0 Å². The van der Waals surface area contributed by atoms with Crippen molar-refractivity contribution >= 4 is 0 Å². The number of hydrogen-bond acceptors (Lipinski definition) is 3. The Morgan fingerprint density at radius 2 is 0.333 bits per heavy atom. The van der Waals surface area contributed by atoms with Crippen molar-refractivity contribution in [2.75, 3.05) is 0 Å². The maximum absolute atomic E-state index is 5.32. The molecule has 3 nitrogen and oxygen atoms in total. The average Bonchev–Trinajstić information content (AvgIpc) is 3.48. The standard InChI is InChI=1S/C69H47N3/c1-8-23-48(24-9-1)50-39-43-57(44-40-50)67-70-68(58-45-41-51(42-46-58)49-25-10-2-11-26-49)72-69(71-67)60-38-22-37-59(47-60)66-64(55-33-18-6-19-34-55)62(53-29-14-4-15-30-53)61(52-27-12-3-13-28-52)63(54-31-16-5-17-32-54)65(66)56-35-20-7-21-36-56/h1-47H. The molecule has 0 unspecified atom stereocenters. The molecule has 0 N–H and O–H groups in total. The van der Waals surface area contributed by atoms with Crippen LogP contribution in [-0.4, -0.2) is 15.0 Å². The molecule has 0 radical (unpaired) electrons. The summed E-state index contributed by atoms with van der Waals surface area (Å²) in [5.41, 5.74) is 20.9. The minimum atomic E-state index is 0.589. The molecule has 0 aliphatic rings. The lowest BCUT2D eigenvalue weighted by Crippen LogP contribution is -2.03. The van der Waals surface area contributed by atoms with Crippen LogP contribution in [0.4, 0.5) is 0 Å². The van der Waals surface area contributed by atoms with Gasteiger partial charge < -0.3 is 0 Å². The van der Waals surface area contributed by atoms with Crippen LogP contribution in [0, 0.1) is 0 Å². The summed E-state index contributed by atoms with van der Waals surface area (Å²) < 4.78 is 0. The summed E-state index contributed by atoms with van der Waals surface area (Å²) in [5, 5.41) is 0. The quantitative estimate of drug-likeness (QED) is 0.130. The van der Waals surface area contributed by atoms with E-state index >= 15 is 0 Å². The van der Waals surface area contributed by atoms with Crippen molar-refractivity contribution in [2.45, 2.75) is 0 Å². The minimum absolute atomic E-state index is 0.589. The smallest absolute Gasteiger partial charge is 0.164 e. The molecule has 0 aliphatic heterocycles. The largest absolute Gasteiger partial charge is 0.208 e. The molecule has 0 bridgehead atoms. The second kappa shape index (κ2) is 19.8. The van der Waals surface area contributed by atoms with E-state index < -0.39 is 0 Å². The van der Waals surface area contributed by atoms with Crippen LogP contribution in [0.25, 0.3) is 123 Å². The van der Waals surface area contributed by atoms with Gasteiger partial charge in [-0.05, 0) is 95.1 Å². The van der Waals surface area contributed by atoms with Crippen LogP contribution < -0.4 is 0 Å². The fraction of sp³-hybridized carbons (Fsp3) is 0. The van der Waals surface area contributed by atoms with Gasteiger partial charge in [0.05, 0.1) is 0 Å². The van der Waals surface area contributed by atoms with Crippen LogP contribution in [0.1, 0.15) is 0 Å². The van der Waals surface area contributed by atoms with Crippen LogP contribution in [0.2, 0.25) is 0 Å². The van der Waals surface area contributed by atoms with Crippen molar-refractivity contribution in [1.82, 2.24) is 15.0 Å². The zero-order valence-corrected chi connectivity index (χ0v) is 39.5. The Balaban J connectivity index is 1.13. The van der Waals surface area contributed by atoms with E-state index in [2.05, 4.69) is 273 Å². The van der Waals surface area contributed by atoms with Crippen LogP contribution in [-0.2, 0) is 0 Å². The molecule has 3 heteroatoms. The molecular weight excluding hydrogens is 871 g/mol. The van der Waals surface area contributed by atoms with Crippen LogP contribution in [0.3, 0.4) is 0 Å². The van der Waals surface area contributed by atoms with Crippen LogP contribution in [0.15, 0.2) is 285 Å². The summed E-state index contributed by atoms with van der Waals surface area (Å²) in [7, 11) is 0. The molecule has 12 rings (SSSR count). The molecular formula is C69H47N3. The van der Waals surface area contributed by atoms with E-state index in [-0.39, 0.29) is 0 Å². The predicted molar refractivity (Wildman–Crippen MR) is 300 cm³/mol. The summed E-state index contributed by atoms with van der Waals surface area (Å²) in [4.78, 5) is 15.8. The first kappa shape index (κ1) is 43.7. The molecule has 0 spiro atoms. The molecule has 11 aromatic carbocycles. The second-order valence-corrected chi connectivity index (χ2v) is 17.9. The van der Waals surface area contributed by atoms with Crippen molar-refractivity contribution in [3.63, 3.8) is 0 Å². The van der Waals surface area contributed by atoms with Gasteiger partial charge >= 0.3 is 0 Å². The molecule has 338 valence electrons. The van der Waals surface area contributed by atoms with E-state index in [0.29, 0.717) is 17.5 Å². The van der Waals surface area contributed by atoms with Gasteiger partial charge in [0.15, 0.2) is 17.5 Å². The topological polar surface area (TPSA) is 38.7 Å². The molecule has 0 fully saturated rings. The molecule has 0 saturated heterocycles. The predicted octanol–water partition coefficient (Wildman–Crippen LogP) is 18.2. The SMILES string of the molecule is c1ccc(-c2ccc(-c3nc(-c4ccc(-c5ccccc5)cc4)nc(-c4cccc(-c5c(-c6ccccc6)c(-c6ccccc6)c(-c6ccccc6)c(-c6ccccc6)c5-c5ccccc5)c4)n3)cc2)cc1. The van der Waals surface area contributed by atoms with Gasteiger partial charge in [0.2, 0.25) is 0 Å². The zero-order valence-electron chi connectivity index (χ0n) is 39.5. The third-order valence-corrected chi connectivity index (χ3v) is 13.4. The highest BCUT2D eigenvalue weighted by atomic mass is 15.0. The summed E-state index contributed by atoms with van der Waals surface area (Å²) >= 11 is 0. The Kier molecular flexibility index (Phi) is 12.0. The maximum atomic E-state index is 5.32. The number of nitrogens with zero attached hydrogens (tertiary/aromatic N) is 3. The highest BCUT2D eigenvalue weighted by Gasteiger charge is 2.29. The summed E-state index contributed by atoms with van der Waals surface area (Å²) in [6, 6.07) is 101. The Bertz CT molecular complexity index is 3570. The number of rotatable bonds is 11. The lowest BCUT2D eigenvalue weighted by atomic mass is 9.74.